The number of dihydropyridines is 1. The smallest absolute Gasteiger partial charge is 0.0346 e. The lowest BCUT2D eigenvalue weighted by atomic mass is 9.82. The van der Waals surface area contributed by atoms with Gasteiger partial charge in [0.1, 0.15) is 0 Å². The maximum absolute atomic E-state index is 4.61. The Labute approximate surface area is 270 Å². The highest BCUT2D eigenvalue weighted by Gasteiger charge is 2.19. The molecule has 2 heterocycles. The molecule has 1 aliphatic rings. The summed E-state index contributed by atoms with van der Waals surface area (Å²) in [5, 5.41) is 10.8. The first-order valence-corrected chi connectivity index (χ1v) is 16.1. The summed E-state index contributed by atoms with van der Waals surface area (Å²) in [7, 11) is 0. The third kappa shape index (κ3) is 4.97. The van der Waals surface area contributed by atoms with Crippen LogP contribution in [-0.4, -0.2) is 11.5 Å². The molecular formula is C44H36N2. The fraction of sp³-hybridized carbons (Fsp3) is 0.114. The molecule has 0 radical (unpaired) electrons. The van der Waals surface area contributed by atoms with E-state index in [0.717, 1.165) is 17.7 Å². The van der Waals surface area contributed by atoms with Crippen LogP contribution in [0.15, 0.2) is 146 Å². The van der Waals surface area contributed by atoms with Crippen LogP contribution in [0.25, 0.3) is 71.3 Å². The summed E-state index contributed by atoms with van der Waals surface area (Å²) in [5.41, 5.74) is 11.1. The first-order chi connectivity index (χ1) is 22.4. The van der Waals surface area contributed by atoms with Crippen LogP contribution in [0, 0.1) is 0 Å². The van der Waals surface area contributed by atoms with Crippen molar-refractivity contribution in [2.45, 2.75) is 26.2 Å². The molecule has 6 aromatic carbocycles. The number of hydrogen-bond acceptors (Lipinski definition) is 2. The van der Waals surface area contributed by atoms with Gasteiger partial charge in [-0.25, -0.2) is 0 Å². The second-order valence-electron chi connectivity index (χ2n) is 13.3. The molecule has 0 unspecified atom stereocenters. The highest BCUT2D eigenvalue weighted by atomic mass is 14.8. The van der Waals surface area contributed by atoms with Gasteiger partial charge in [-0.3, -0.25) is 4.98 Å². The molecule has 0 amide bonds. The predicted octanol–water partition coefficient (Wildman–Crippen LogP) is 11.3. The number of aromatic nitrogens is 1. The van der Waals surface area contributed by atoms with Crippen LogP contribution in [-0.2, 0) is 5.41 Å². The molecule has 0 aliphatic carbocycles. The summed E-state index contributed by atoms with van der Waals surface area (Å²) in [4.78, 5) is 4.61. The van der Waals surface area contributed by atoms with Crippen molar-refractivity contribution in [3.8, 4) is 33.4 Å². The molecule has 0 saturated heterocycles. The summed E-state index contributed by atoms with van der Waals surface area (Å²) in [6, 6.07) is 42.8. The molecule has 0 bridgehead atoms. The van der Waals surface area contributed by atoms with E-state index in [1.54, 1.807) is 0 Å². The van der Waals surface area contributed by atoms with Crippen molar-refractivity contribution in [1.29, 1.82) is 0 Å². The van der Waals surface area contributed by atoms with Crippen LogP contribution >= 0.6 is 0 Å². The quantitative estimate of drug-likeness (QED) is 0.206. The van der Waals surface area contributed by atoms with Crippen molar-refractivity contribution < 1.29 is 0 Å². The van der Waals surface area contributed by atoms with E-state index in [9.17, 15) is 0 Å². The largest absolute Gasteiger partial charge is 0.387 e. The Morgan fingerprint density at radius 2 is 1.15 bits per heavy atom. The Kier molecular flexibility index (Phi) is 6.80. The Balaban J connectivity index is 1.31. The molecular weight excluding hydrogens is 556 g/mol. The molecule has 0 saturated carbocycles. The molecule has 0 fully saturated rings. The molecule has 7 aromatic rings. The second-order valence-corrected chi connectivity index (χ2v) is 13.3. The SMILES string of the molecule is CC(C)(C)c1cccc(-c2c3ccccc3c(-c3ccc4ccc(-c5cncc(C6=CCNC=C6)c5)cc4c3)c3ccccc23)c1. The van der Waals surface area contributed by atoms with Crippen LogP contribution in [0.5, 0.6) is 0 Å². The molecule has 8 rings (SSSR count). The molecule has 222 valence electrons. The normalized spacial score (nSPS) is 13.2. The van der Waals surface area contributed by atoms with Gasteiger partial charge in [0.15, 0.2) is 0 Å². The minimum Gasteiger partial charge on any atom is -0.387 e. The molecule has 1 N–H and O–H groups in total. The van der Waals surface area contributed by atoms with E-state index in [-0.39, 0.29) is 5.41 Å². The van der Waals surface area contributed by atoms with Crippen LogP contribution < -0.4 is 5.32 Å². The van der Waals surface area contributed by atoms with E-state index in [4.69, 9.17) is 0 Å². The van der Waals surface area contributed by atoms with Gasteiger partial charge in [-0.05, 0) is 107 Å². The topological polar surface area (TPSA) is 24.9 Å². The van der Waals surface area contributed by atoms with Crippen LogP contribution in [0.4, 0.5) is 0 Å². The lowest BCUT2D eigenvalue weighted by Gasteiger charge is -2.22. The van der Waals surface area contributed by atoms with Crippen molar-refractivity contribution in [2.24, 2.45) is 0 Å². The molecule has 0 atom stereocenters. The van der Waals surface area contributed by atoms with E-state index < -0.39 is 0 Å². The van der Waals surface area contributed by atoms with Crippen molar-refractivity contribution in [3.63, 3.8) is 0 Å². The van der Waals surface area contributed by atoms with Crippen molar-refractivity contribution in [3.05, 3.63) is 157 Å². The number of allylic oxidation sites excluding steroid dienone is 2. The van der Waals surface area contributed by atoms with E-state index in [0.29, 0.717) is 0 Å². The third-order valence-corrected chi connectivity index (χ3v) is 9.30. The average Bonchev–Trinajstić information content (AvgIpc) is 3.10. The Hall–Kier alpha value is -5.47. The maximum Gasteiger partial charge on any atom is 0.0346 e. The Morgan fingerprint density at radius 3 is 1.78 bits per heavy atom. The summed E-state index contributed by atoms with van der Waals surface area (Å²) in [6.45, 7) is 7.69. The lowest BCUT2D eigenvalue weighted by molar-refractivity contribution is 0.590. The second kappa shape index (κ2) is 11.2. The molecule has 1 aromatic heterocycles. The van der Waals surface area contributed by atoms with Crippen molar-refractivity contribution in [2.75, 3.05) is 6.54 Å². The Bertz CT molecular complexity index is 2290. The number of nitrogens with zero attached hydrogens (tertiary/aromatic N) is 1. The third-order valence-electron chi connectivity index (χ3n) is 9.30. The van der Waals surface area contributed by atoms with Gasteiger partial charge < -0.3 is 5.32 Å². The standard InChI is InChI=1S/C44H36N2/c1-44(2,3)37-10-8-9-32(26-37)42-38-11-4-6-13-40(38)43(41-14-7-5-12-39(41)42)33-18-16-29-15-17-31(23-34(29)24-33)36-25-35(27-46-28-36)30-19-21-45-22-20-30/h4-21,23-28,45H,22H2,1-3H3. The van der Waals surface area contributed by atoms with Gasteiger partial charge in [-0.1, -0.05) is 124 Å². The zero-order valence-electron chi connectivity index (χ0n) is 26.5. The van der Waals surface area contributed by atoms with Crippen LogP contribution in [0.2, 0.25) is 0 Å². The minimum atomic E-state index is 0.0740. The predicted molar refractivity (Wildman–Crippen MR) is 197 cm³/mol. The Morgan fingerprint density at radius 1 is 0.543 bits per heavy atom. The zero-order chi connectivity index (χ0) is 31.3. The van der Waals surface area contributed by atoms with Gasteiger partial charge in [0, 0.05) is 30.1 Å². The van der Waals surface area contributed by atoms with E-state index in [1.807, 2.05) is 18.6 Å². The number of nitrogens with one attached hydrogen (secondary N) is 1. The van der Waals surface area contributed by atoms with Gasteiger partial charge in [-0.2, -0.15) is 0 Å². The lowest BCUT2D eigenvalue weighted by Crippen LogP contribution is -2.10. The fourth-order valence-corrected chi connectivity index (χ4v) is 6.90. The fourth-order valence-electron chi connectivity index (χ4n) is 6.90. The van der Waals surface area contributed by atoms with Gasteiger partial charge >= 0.3 is 0 Å². The average molecular weight is 593 g/mol. The van der Waals surface area contributed by atoms with Gasteiger partial charge in [0.2, 0.25) is 0 Å². The highest BCUT2D eigenvalue weighted by molar-refractivity contribution is 6.21. The number of pyridine rings is 1. The van der Waals surface area contributed by atoms with Gasteiger partial charge in [0.25, 0.3) is 0 Å². The molecule has 0 spiro atoms. The highest BCUT2D eigenvalue weighted by Crippen LogP contribution is 2.44. The molecule has 2 nitrogen and oxygen atoms in total. The molecule has 2 heteroatoms. The zero-order valence-corrected chi connectivity index (χ0v) is 26.5. The summed E-state index contributed by atoms with van der Waals surface area (Å²) < 4.78 is 0. The van der Waals surface area contributed by atoms with Gasteiger partial charge in [-0.15, -0.1) is 0 Å². The van der Waals surface area contributed by atoms with Crippen molar-refractivity contribution >= 4 is 37.9 Å². The summed E-state index contributed by atoms with van der Waals surface area (Å²) >= 11 is 0. The van der Waals surface area contributed by atoms with E-state index >= 15 is 0 Å². The van der Waals surface area contributed by atoms with E-state index in [1.165, 1.54) is 71.3 Å². The van der Waals surface area contributed by atoms with Crippen LogP contribution in [0.1, 0.15) is 31.9 Å². The summed E-state index contributed by atoms with van der Waals surface area (Å²) in [6.07, 6.45) is 10.2. The monoisotopic (exact) mass is 592 g/mol. The van der Waals surface area contributed by atoms with Gasteiger partial charge in [0.05, 0.1) is 0 Å². The molecule has 1 aliphatic heterocycles. The summed E-state index contributed by atoms with van der Waals surface area (Å²) in [5.74, 6) is 0. The number of rotatable bonds is 4. The number of hydrogen-bond donors (Lipinski definition) is 1. The first kappa shape index (κ1) is 28.0. The van der Waals surface area contributed by atoms with Crippen molar-refractivity contribution in [1.82, 2.24) is 10.3 Å². The van der Waals surface area contributed by atoms with Crippen LogP contribution in [0.3, 0.4) is 0 Å². The number of benzene rings is 6. The number of fused-ring (bicyclic) bond motifs is 3. The maximum atomic E-state index is 4.61. The first-order valence-electron chi connectivity index (χ1n) is 16.1. The minimum absolute atomic E-state index is 0.0740. The molecule has 46 heavy (non-hydrogen) atoms. The van der Waals surface area contributed by atoms with E-state index in [2.05, 4.69) is 158 Å².